The van der Waals surface area contributed by atoms with Crippen LogP contribution in [0.25, 0.3) is 0 Å². The topological polar surface area (TPSA) is 112 Å². The van der Waals surface area contributed by atoms with Crippen molar-refractivity contribution in [3.05, 3.63) is 29.8 Å². The maximum atomic E-state index is 11.1. The van der Waals surface area contributed by atoms with Gasteiger partial charge >= 0.3 is 6.03 Å². The van der Waals surface area contributed by atoms with Gasteiger partial charge in [-0.05, 0) is 19.1 Å². The van der Waals surface area contributed by atoms with Crippen molar-refractivity contribution >= 4 is 16.1 Å². The molecule has 0 aliphatic carbocycles. The molecule has 7 heteroatoms. The number of benzene rings is 1. The average molecular weight is 246 g/mol. The van der Waals surface area contributed by atoms with Gasteiger partial charge in [-0.3, -0.25) is 4.18 Å². The number of rotatable bonds is 2. The van der Waals surface area contributed by atoms with Crippen LogP contribution in [0.5, 0.6) is 0 Å². The first kappa shape index (κ1) is 14.4. The molecule has 0 unspecified atom stereocenters. The lowest BCUT2D eigenvalue weighted by Crippen LogP contribution is -2.18. The molecule has 90 valence electrons. The summed E-state index contributed by atoms with van der Waals surface area (Å²) in [5.41, 5.74) is 9.52. The van der Waals surface area contributed by atoms with E-state index in [9.17, 15) is 8.42 Å². The van der Waals surface area contributed by atoms with E-state index in [2.05, 4.69) is 15.7 Å². The lowest BCUT2D eigenvalue weighted by molar-refractivity contribution is 0.256. The van der Waals surface area contributed by atoms with Gasteiger partial charge in [0.1, 0.15) is 0 Å². The first-order valence-corrected chi connectivity index (χ1v) is 5.62. The number of amides is 2. The molecule has 6 nitrogen and oxygen atoms in total. The van der Waals surface area contributed by atoms with Crippen molar-refractivity contribution in [2.75, 3.05) is 7.11 Å². The summed E-state index contributed by atoms with van der Waals surface area (Å²) in [6.07, 6.45) is 0. The Morgan fingerprint density at radius 3 is 1.88 bits per heavy atom. The Kier molecular flexibility index (Phi) is 5.48. The Hall–Kier alpha value is -1.60. The maximum Gasteiger partial charge on any atom is 0.309 e. The molecule has 0 atom stereocenters. The smallest absolute Gasteiger partial charge is 0.309 e. The monoisotopic (exact) mass is 246 g/mol. The van der Waals surface area contributed by atoms with E-state index in [-0.39, 0.29) is 4.90 Å². The quantitative estimate of drug-likeness (QED) is 0.733. The van der Waals surface area contributed by atoms with E-state index in [1.807, 2.05) is 6.92 Å². The number of hydrogen-bond donors (Lipinski definition) is 2. The van der Waals surface area contributed by atoms with Gasteiger partial charge in [0, 0.05) is 0 Å². The molecule has 0 heterocycles. The summed E-state index contributed by atoms with van der Waals surface area (Å²) in [5.74, 6) is 0. The minimum atomic E-state index is -3.51. The Bertz CT molecular complexity index is 435. The summed E-state index contributed by atoms with van der Waals surface area (Å²) in [6, 6.07) is 5.67. The number of primary amides is 2. The number of nitrogens with two attached hydrogens (primary N) is 2. The van der Waals surface area contributed by atoms with E-state index in [0.29, 0.717) is 0 Å². The Labute approximate surface area is 94.3 Å². The molecular formula is C9H14N2O4S. The molecule has 0 saturated heterocycles. The second-order valence-electron chi connectivity index (χ2n) is 2.84. The van der Waals surface area contributed by atoms with E-state index in [4.69, 9.17) is 4.79 Å². The van der Waals surface area contributed by atoms with Crippen molar-refractivity contribution in [2.24, 2.45) is 11.5 Å². The average Bonchev–Trinajstić information content (AvgIpc) is 2.17. The predicted octanol–water partition coefficient (Wildman–Crippen LogP) is 0.354. The van der Waals surface area contributed by atoms with Crippen LogP contribution >= 0.6 is 0 Å². The van der Waals surface area contributed by atoms with Crippen molar-refractivity contribution in [1.82, 2.24) is 0 Å². The van der Waals surface area contributed by atoms with Gasteiger partial charge in [-0.25, -0.2) is 4.79 Å². The molecule has 0 radical (unpaired) electrons. The van der Waals surface area contributed by atoms with Crippen molar-refractivity contribution in [3.8, 4) is 0 Å². The molecule has 0 aliphatic rings. The van der Waals surface area contributed by atoms with Crippen molar-refractivity contribution in [3.63, 3.8) is 0 Å². The third-order valence-corrected chi connectivity index (χ3v) is 2.82. The molecule has 0 aromatic heterocycles. The summed E-state index contributed by atoms with van der Waals surface area (Å²) >= 11 is 0. The van der Waals surface area contributed by atoms with Crippen LogP contribution in [-0.4, -0.2) is 21.6 Å². The fourth-order valence-electron chi connectivity index (χ4n) is 0.801. The molecule has 16 heavy (non-hydrogen) atoms. The van der Waals surface area contributed by atoms with E-state index < -0.39 is 16.1 Å². The zero-order valence-electron chi connectivity index (χ0n) is 9.01. The third kappa shape index (κ3) is 5.32. The molecule has 0 fully saturated rings. The standard InChI is InChI=1S/C8H10O3S.CH4N2O/c1-7-3-5-8(6-4-7)12(9,10)11-2;2-1(3)4/h3-6H,1-2H3;(H4,2,3,4). The van der Waals surface area contributed by atoms with Crippen molar-refractivity contribution in [1.29, 1.82) is 0 Å². The zero-order chi connectivity index (χ0) is 12.8. The van der Waals surface area contributed by atoms with Crippen LogP contribution in [-0.2, 0) is 14.3 Å². The van der Waals surface area contributed by atoms with Gasteiger partial charge < -0.3 is 11.5 Å². The van der Waals surface area contributed by atoms with Crippen LogP contribution in [0, 0.1) is 6.92 Å². The van der Waals surface area contributed by atoms with Crippen LogP contribution in [0.2, 0.25) is 0 Å². The van der Waals surface area contributed by atoms with Crippen molar-refractivity contribution in [2.45, 2.75) is 11.8 Å². The van der Waals surface area contributed by atoms with Crippen LogP contribution in [0.1, 0.15) is 5.56 Å². The van der Waals surface area contributed by atoms with Crippen LogP contribution in [0.4, 0.5) is 4.79 Å². The Balaban J connectivity index is 0.000000487. The number of carbonyl (C=O) groups excluding carboxylic acids is 1. The number of urea groups is 1. The second kappa shape index (κ2) is 6.09. The highest BCUT2D eigenvalue weighted by atomic mass is 32.2. The summed E-state index contributed by atoms with van der Waals surface area (Å²) in [6.45, 7) is 1.89. The number of hydrogen-bond acceptors (Lipinski definition) is 4. The molecule has 1 aromatic rings. The third-order valence-electron chi connectivity index (χ3n) is 1.53. The second-order valence-corrected chi connectivity index (χ2v) is 4.55. The van der Waals surface area contributed by atoms with Gasteiger partial charge in [-0.1, -0.05) is 17.7 Å². The summed E-state index contributed by atoms with van der Waals surface area (Å²) < 4.78 is 26.5. The molecule has 4 N–H and O–H groups in total. The molecule has 1 rings (SSSR count). The maximum absolute atomic E-state index is 11.1. The zero-order valence-corrected chi connectivity index (χ0v) is 9.82. The van der Waals surface area contributed by atoms with Gasteiger partial charge in [0.2, 0.25) is 0 Å². The molecular weight excluding hydrogens is 232 g/mol. The number of carbonyl (C=O) groups is 1. The Morgan fingerprint density at radius 2 is 1.56 bits per heavy atom. The van der Waals surface area contributed by atoms with Crippen LogP contribution in [0.15, 0.2) is 29.2 Å². The van der Waals surface area contributed by atoms with Gasteiger partial charge in [-0.2, -0.15) is 8.42 Å². The molecule has 0 spiro atoms. The molecule has 1 aromatic carbocycles. The fraction of sp³-hybridized carbons (Fsp3) is 0.222. The minimum Gasteiger partial charge on any atom is -0.352 e. The lowest BCUT2D eigenvalue weighted by atomic mass is 10.2. The van der Waals surface area contributed by atoms with E-state index in [0.717, 1.165) is 12.7 Å². The number of aryl methyl sites for hydroxylation is 1. The molecule has 0 aliphatic heterocycles. The Morgan fingerprint density at radius 1 is 1.19 bits per heavy atom. The van der Waals surface area contributed by atoms with Crippen LogP contribution in [0.3, 0.4) is 0 Å². The highest BCUT2D eigenvalue weighted by Crippen LogP contribution is 2.11. The molecule has 0 bridgehead atoms. The van der Waals surface area contributed by atoms with E-state index >= 15 is 0 Å². The highest BCUT2D eigenvalue weighted by Gasteiger charge is 2.10. The van der Waals surface area contributed by atoms with Gasteiger partial charge in [0.25, 0.3) is 10.1 Å². The van der Waals surface area contributed by atoms with Gasteiger partial charge in [0.15, 0.2) is 0 Å². The SMILES string of the molecule is COS(=O)(=O)c1ccc(C)cc1.NC(N)=O. The molecule has 0 saturated carbocycles. The highest BCUT2D eigenvalue weighted by molar-refractivity contribution is 7.86. The van der Waals surface area contributed by atoms with E-state index in [1.165, 1.54) is 12.1 Å². The summed E-state index contributed by atoms with van der Waals surface area (Å²) in [7, 11) is -2.37. The van der Waals surface area contributed by atoms with E-state index in [1.54, 1.807) is 12.1 Å². The summed E-state index contributed by atoms with van der Waals surface area (Å²) in [4.78, 5) is 9.19. The fourth-order valence-corrected chi connectivity index (χ4v) is 1.46. The first-order chi connectivity index (χ1) is 7.29. The molecule has 2 amide bonds. The summed E-state index contributed by atoms with van der Waals surface area (Å²) in [5, 5.41) is 0. The minimum absolute atomic E-state index is 0.190. The predicted molar refractivity (Wildman–Crippen MR) is 59.1 cm³/mol. The normalized spacial score (nSPS) is 10.1. The van der Waals surface area contributed by atoms with Gasteiger partial charge in [-0.15, -0.1) is 0 Å². The first-order valence-electron chi connectivity index (χ1n) is 4.22. The van der Waals surface area contributed by atoms with Crippen molar-refractivity contribution < 1.29 is 17.4 Å². The largest absolute Gasteiger partial charge is 0.352 e. The van der Waals surface area contributed by atoms with Crippen LogP contribution < -0.4 is 11.5 Å². The lowest BCUT2D eigenvalue weighted by Gasteiger charge is -2.00. The van der Waals surface area contributed by atoms with Gasteiger partial charge in [0.05, 0.1) is 12.0 Å².